The van der Waals surface area contributed by atoms with E-state index in [2.05, 4.69) is 17.2 Å². The molecule has 0 radical (unpaired) electrons. The van der Waals surface area contributed by atoms with Crippen LogP contribution >= 0.6 is 35.3 Å². The van der Waals surface area contributed by atoms with Gasteiger partial charge in [0.15, 0.2) is 5.96 Å². The third kappa shape index (κ3) is 8.53. The Kier molecular flexibility index (Phi) is 13.5. The van der Waals surface area contributed by atoms with Crippen molar-refractivity contribution in [1.29, 1.82) is 0 Å². The first-order valence-electron chi connectivity index (χ1n) is 9.08. The predicted molar refractivity (Wildman–Crippen MR) is 122 cm³/mol. The molecule has 0 saturated carbocycles. The lowest BCUT2D eigenvalue weighted by Crippen LogP contribution is -2.33. The van der Waals surface area contributed by atoms with Gasteiger partial charge in [-0.2, -0.15) is 4.31 Å². The smallest absolute Gasteiger partial charge is 0.252 e. The van der Waals surface area contributed by atoms with E-state index in [4.69, 9.17) is 5.73 Å². The molecule has 0 saturated heterocycles. The highest BCUT2D eigenvalue weighted by atomic mass is 127. The summed E-state index contributed by atoms with van der Waals surface area (Å²) in [4.78, 5) is 5.32. The van der Waals surface area contributed by atoms with Crippen LogP contribution in [0, 0.1) is 0 Å². The molecule has 0 spiro atoms. The Morgan fingerprint density at radius 2 is 1.88 bits per heavy atom. The van der Waals surface area contributed by atoms with Crippen molar-refractivity contribution < 1.29 is 8.42 Å². The quantitative estimate of drug-likeness (QED) is 0.193. The number of rotatable bonds is 12. The van der Waals surface area contributed by atoms with Gasteiger partial charge in [-0.1, -0.05) is 40.0 Å². The molecule has 1 rings (SSSR count). The number of aliphatic imine (C=N–C) groups is 1. The van der Waals surface area contributed by atoms with Crippen LogP contribution in [0.4, 0.5) is 0 Å². The summed E-state index contributed by atoms with van der Waals surface area (Å²) in [5.74, 6) is 0.462. The predicted octanol–water partition coefficient (Wildman–Crippen LogP) is 3.42. The molecule has 3 N–H and O–H groups in total. The summed E-state index contributed by atoms with van der Waals surface area (Å²) in [5, 5.41) is 3.09. The molecule has 0 unspecified atom stereocenters. The largest absolute Gasteiger partial charge is 0.370 e. The molecule has 0 atom stereocenters. The molecule has 1 aromatic heterocycles. The molecule has 0 aromatic carbocycles. The van der Waals surface area contributed by atoms with E-state index in [9.17, 15) is 8.42 Å². The standard InChI is InChI=1S/C17H32N4O2S2.HI/c1-4-7-8-9-13-19-17(18)20-14-12-15-10-11-16(24-15)25(22,23)21(5-2)6-3;/h10-11H,4-9,12-14H2,1-3H3,(H3,18,19,20);1H. The molecular formula is C17H33IN4O2S2. The van der Waals surface area contributed by atoms with Crippen LogP contribution in [0.15, 0.2) is 21.3 Å². The van der Waals surface area contributed by atoms with E-state index in [1.54, 1.807) is 6.07 Å². The molecular weight excluding hydrogens is 483 g/mol. The van der Waals surface area contributed by atoms with Gasteiger partial charge < -0.3 is 11.1 Å². The fourth-order valence-electron chi connectivity index (χ4n) is 2.43. The Morgan fingerprint density at radius 1 is 1.19 bits per heavy atom. The SMILES string of the molecule is CCCCCCN=C(N)NCCc1ccc(S(=O)(=O)N(CC)CC)s1.I. The van der Waals surface area contributed by atoms with Crippen molar-refractivity contribution in [1.82, 2.24) is 9.62 Å². The molecule has 9 heteroatoms. The summed E-state index contributed by atoms with van der Waals surface area (Å²) in [6.07, 6.45) is 5.43. The minimum Gasteiger partial charge on any atom is -0.370 e. The highest BCUT2D eigenvalue weighted by Gasteiger charge is 2.23. The van der Waals surface area contributed by atoms with Crippen molar-refractivity contribution in [2.24, 2.45) is 10.7 Å². The van der Waals surface area contributed by atoms with E-state index in [1.165, 1.54) is 34.9 Å². The van der Waals surface area contributed by atoms with Crippen LogP contribution in [-0.4, -0.2) is 44.9 Å². The second-order valence-electron chi connectivity index (χ2n) is 5.81. The second kappa shape index (κ2) is 13.7. The zero-order valence-electron chi connectivity index (χ0n) is 16.0. The first kappa shape index (κ1) is 25.6. The Labute approximate surface area is 179 Å². The normalized spacial score (nSPS) is 12.2. The lowest BCUT2D eigenvalue weighted by Gasteiger charge is -2.16. The zero-order valence-corrected chi connectivity index (χ0v) is 20.0. The molecule has 6 nitrogen and oxygen atoms in total. The maximum Gasteiger partial charge on any atom is 0.252 e. The molecule has 1 heterocycles. The number of hydrogen-bond donors (Lipinski definition) is 2. The minimum absolute atomic E-state index is 0. The van der Waals surface area contributed by atoms with Crippen LogP contribution in [-0.2, 0) is 16.4 Å². The first-order chi connectivity index (χ1) is 12.0. The zero-order chi connectivity index (χ0) is 18.7. The molecule has 0 bridgehead atoms. The highest BCUT2D eigenvalue weighted by Crippen LogP contribution is 2.25. The van der Waals surface area contributed by atoms with Crippen molar-refractivity contribution in [2.45, 2.75) is 57.1 Å². The van der Waals surface area contributed by atoms with Gasteiger partial charge in [-0.05, 0) is 25.0 Å². The summed E-state index contributed by atoms with van der Waals surface area (Å²) < 4.78 is 26.8. The average Bonchev–Trinajstić information content (AvgIpc) is 3.05. The number of nitrogens with zero attached hydrogens (tertiary/aromatic N) is 2. The van der Waals surface area contributed by atoms with Gasteiger partial charge in [-0.15, -0.1) is 35.3 Å². The Hall–Kier alpha value is -0.390. The van der Waals surface area contributed by atoms with E-state index < -0.39 is 10.0 Å². The van der Waals surface area contributed by atoms with Crippen LogP contribution in [0.3, 0.4) is 0 Å². The van der Waals surface area contributed by atoms with Crippen LogP contribution in [0.2, 0.25) is 0 Å². The van der Waals surface area contributed by atoms with E-state index >= 15 is 0 Å². The van der Waals surface area contributed by atoms with Crippen LogP contribution in [0.25, 0.3) is 0 Å². The number of nitrogens with one attached hydrogen (secondary N) is 1. The summed E-state index contributed by atoms with van der Waals surface area (Å²) in [6, 6.07) is 3.57. The lowest BCUT2D eigenvalue weighted by atomic mass is 10.2. The maximum atomic E-state index is 12.5. The number of nitrogens with two attached hydrogens (primary N) is 1. The molecule has 0 aliphatic carbocycles. The van der Waals surface area contributed by atoms with Gasteiger partial charge in [0, 0.05) is 31.1 Å². The fraction of sp³-hybridized carbons (Fsp3) is 0.706. The first-order valence-corrected chi connectivity index (χ1v) is 11.3. The highest BCUT2D eigenvalue weighted by molar-refractivity contribution is 14.0. The minimum atomic E-state index is -3.36. The van der Waals surface area contributed by atoms with Crippen molar-refractivity contribution in [3.05, 3.63) is 17.0 Å². The average molecular weight is 517 g/mol. The van der Waals surface area contributed by atoms with Gasteiger partial charge in [0.2, 0.25) is 0 Å². The van der Waals surface area contributed by atoms with Gasteiger partial charge in [0.05, 0.1) is 0 Å². The van der Waals surface area contributed by atoms with E-state index in [1.807, 2.05) is 19.9 Å². The van der Waals surface area contributed by atoms with Crippen molar-refractivity contribution in [3.8, 4) is 0 Å². The van der Waals surface area contributed by atoms with Crippen molar-refractivity contribution in [2.75, 3.05) is 26.2 Å². The molecule has 0 aliphatic rings. The second-order valence-corrected chi connectivity index (χ2v) is 9.15. The maximum absolute atomic E-state index is 12.5. The lowest BCUT2D eigenvalue weighted by molar-refractivity contribution is 0.447. The third-order valence-electron chi connectivity index (χ3n) is 3.91. The van der Waals surface area contributed by atoms with Gasteiger partial charge in [-0.3, -0.25) is 4.99 Å². The summed E-state index contributed by atoms with van der Waals surface area (Å²) >= 11 is 1.33. The van der Waals surface area contributed by atoms with Crippen LogP contribution in [0.1, 0.15) is 51.3 Å². The summed E-state index contributed by atoms with van der Waals surface area (Å²) in [6.45, 7) is 8.26. The van der Waals surface area contributed by atoms with Crippen LogP contribution < -0.4 is 11.1 Å². The van der Waals surface area contributed by atoms with Gasteiger partial charge in [0.25, 0.3) is 10.0 Å². The van der Waals surface area contributed by atoms with Crippen LogP contribution in [0.5, 0.6) is 0 Å². The van der Waals surface area contributed by atoms with E-state index in [0.29, 0.717) is 29.8 Å². The number of guanidine groups is 1. The topological polar surface area (TPSA) is 87.8 Å². The Bertz CT molecular complexity index is 628. The monoisotopic (exact) mass is 516 g/mol. The van der Waals surface area contributed by atoms with Gasteiger partial charge >= 0.3 is 0 Å². The summed E-state index contributed by atoms with van der Waals surface area (Å²) in [5.41, 5.74) is 5.84. The van der Waals surface area contributed by atoms with Gasteiger partial charge in [0.1, 0.15) is 4.21 Å². The number of hydrogen-bond acceptors (Lipinski definition) is 4. The van der Waals surface area contributed by atoms with E-state index in [-0.39, 0.29) is 24.0 Å². The number of thiophene rings is 1. The number of sulfonamides is 1. The molecule has 152 valence electrons. The fourth-order valence-corrected chi connectivity index (χ4v) is 5.40. The third-order valence-corrected chi connectivity index (χ3v) is 7.57. The molecule has 0 aliphatic heterocycles. The molecule has 26 heavy (non-hydrogen) atoms. The summed E-state index contributed by atoms with van der Waals surface area (Å²) in [7, 11) is -3.36. The molecule has 0 amide bonds. The molecule has 1 aromatic rings. The van der Waals surface area contributed by atoms with Crippen molar-refractivity contribution >= 4 is 51.3 Å². The van der Waals surface area contributed by atoms with Gasteiger partial charge in [-0.25, -0.2) is 8.42 Å². The molecule has 0 fully saturated rings. The van der Waals surface area contributed by atoms with E-state index in [0.717, 1.165) is 24.3 Å². The number of halogens is 1. The number of unbranched alkanes of at least 4 members (excludes halogenated alkanes) is 3. The van der Waals surface area contributed by atoms with Crippen molar-refractivity contribution in [3.63, 3.8) is 0 Å². The Morgan fingerprint density at radius 3 is 2.50 bits per heavy atom. The Balaban J connectivity index is 0.00000625.